The molecule has 0 spiro atoms. The SMILES string of the molecule is C=C=C(C#N)CCCCc1cc2cc(C(=C)C)ccc2nc1-c1ccccc1. The van der Waals surface area contributed by atoms with Gasteiger partial charge in [0.15, 0.2) is 0 Å². The van der Waals surface area contributed by atoms with Crippen molar-refractivity contribution >= 4 is 16.5 Å². The number of fused-ring (bicyclic) bond motifs is 1. The molecule has 2 aromatic carbocycles. The quantitative estimate of drug-likeness (QED) is 0.260. The van der Waals surface area contributed by atoms with Gasteiger partial charge in [0.05, 0.1) is 16.8 Å². The lowest BCUT2D eigenvalue weighted by Crippen LogP contribution is -1.96. The predicted octanol–water partition coefficient (Wildman–Crippen LogP) is 6.88. The Kier molecular flexibility index (Phi) is 6.22. The summed E-state index contributed by atoms with van der Waals surface area (Å²) in [7, 11) is 0. The van der Waals surface area contributed by atoms with Gasteiger partial charge in [0.2, 0.25) is 0 Å². The molecule has 1 aromatic heterocycles. The second kappa shape index (κ2) is 9.00. The highest BCUT2D eigenvalue weighted by Crippen LogP contribution is 2.28. The number of aryl methyl sites for hydroxylation is 1. The van der Waals surface area contributed by atoms with Crippen LogP contribution in [0.15, 0.2) is 79.1 Å². The highest BCUT2D eigenvalue weighted by molar-refractivity contribution is 5.86. The zero-order chi connectivity index (χ0) is 19.9. The van der Waals surface area contributed by atoms with Gasteiger partial charge in [-0.2, -0.15) is 5.26 Å². The largest absolute Gasteiger partial charge is 0.248 e. The standard InChI is InChI=1S/C26H24N2/c1-4-20(18-27)10-8-9-13-23-17-24-16-22(19(2)3)14-15-25(24)28-26(23)21-11-6-5-7-12-21/h5-7,11-12,14-17H,1-2,8-10,13H2,3H3. The fraction of sp³-hybridized carbons (Fsp3) is 0.192. The molecule has 138 valence electrons. The Hall–Kier alpha value is -3.40. The van der Waals surface area contributed by atoms with E-state index in [0.29, 0.717) is 5.57 Å². The maximum absolute atomic E-state index is 9.02. The van der Waals surface area contributed by atoms with Gasteiger partial charge in [-0.05, 0) is 61.9 Å². The van der Waals surface area contributed by atoms with Gasteiger partial charge in [-0.15, -0.1) is 5.73 Å². The molecule has 0 amide bonds. The Bertz CT molecular complexity index is 1090. The lowest BCUT2D eigenvalue weighted by Gasteiger charge is -2.12. The zero-order valence-electron chi connectivity index (χ0n) is 16.3. The molecule has 3 rings (SSSR count). The van der Waals surface area contributed by atoms with Crippen molar-refractivity contribution in [1.29, 1.82) is 5.26 Å². The summed E-state index contributed by atoms with van der Waals surface area (Å²) in [6.07, 6.45) is 3.56. The lowest BCUT2D eigenvalue weighted by molar-refractivity contribution is 0.738. The lowest BCUT2D eigenvalue weighted by atomic mass is 9.97. The summed E-state index contributed by atoms with van der Waals surface area (Å²) in [4.78, 5) is 4.98. The summed E-state index contributed by atoms with van der Waals surface area (Å²) in [6.45, 7) is 9.65. The second-order valence-electron chi connectivity index (χ2n) is 7.02. The van der Waals surface area contributed by atoms with Crippen LogP contribution in [-0.4, -0.2) is 4.98 Å². The molecule has 28 heavy (non-hydrogen) atoms. The van der Waals surface area contributed by atoms with Gasteiger partial charge in [-0.1, -0.05) is 55.1 Å². The molecule has 1 heterocycles. The fourth-order valence-corrected chi connectivity index (χ4v) is 3.32. The van der Waals surface area contributed by atoms with E-state index >= 15 is 0 Å². The van der Waals surface area contributed by atoms with Crippen LogP contribution in [0.5, 0.6) is 0 Å². The first-order chi connectivity index (χ1) is 13.6. The molecule has 0 atom stereocenters. The molecule has 2 heteroatoms. The molecule has 2 nitrogen and oxygen atoms in total. The number of aromatic nitrogens is 1. The number of rotatable bonds is 7. The minimum atomic E-state index is 0.631. The average Bonchev–Trinajstić information content (AvgIpc) is 2.73. The van der Waals surface area contributed by atoms with Crippen molar-refractivity contribution in [3.8, 4) is 17.3 Å². The predicted molar refractivity (Wildman–Crippen MR) is 118 cm³/mol. The Morgan fingerprint density at radius 1 is 1.07 bits per heavy atom. The highest BCUT2D eigenvalue weighted by Gasteiger charge is 2.10. The van der Waals surface area contributed by atoms with E-state index < -0.39 is 0 Å². The number of allylic oxidation sites excluding steroid dienone is 2. The van der Waals surface area contributed by atoms with E-state index in [1.165, 1.54) is 5.56 Å². The molecular formula is C26H24N2. The monoisotopic (exact) mass is 364 g/mol. The second-order valence-corrected chi connectivity index (χ2v) is 7.02. The van der Waals surface area contributed by atoms with E-state index in [9.17, 15) is 0 Å². The van der Waals surface area contributed by atoms with E-state index in [-0.39, 0.29) is 0 Å². The van der Waals surface area contributed by atoms with Crippen molar-refractivity contribution in [2.24, 2.45) is 0 Å². The van der Waals surface area contributed by atoms with Gasteiger partial charge in [0.1, 0.15) is 6.07 Å². The van der Waals surface area contributed by atoms with Crippen molar-refractivity contribution < 1.29 is 0 Å². The first kappa shape index (κ1) is 19.4. The van der Waals surface area contributed by atoms with Gasteiger partial charge < -0.3 is 0 Å². The highest BCUT2D eigenvalue weighted by atomic mass is 14.7. The smallest absolute Gasteiger partial charge is 0.103 e. The van der Waals surface area contributed by atoms with E-state index in [1.807, 2.05) is 25.1 Å². The minimum absolute atomic E-state index is 0.631. The first-order valence-corrected chi connectivity index (χ1v) is 9.56. The Labute approximate surface area is 167 Å². The van der Waals surface area contributed by atoms with Crippen molar-refractivity contribution in [2.45, 2.75) is 32.6 Å². The Morgan fingerprint density at radius 2 is 1.86 bits per heavy atom. The molecule has 0 saturated carbocycles. The first-order valence-electron chi connectivity index (χ1n) is 9.56. The van der Waals surface area contributed by atoms with Gasteiger partial charge in [0.25, 0.3) is 0 Å². The zero-order valence-corrected chi connectivity index (χ0v) is 16.3. The van der Waals surface area contributed by atoms with Crippen molar-refractivity contribution in [1.82, 2.24) is 4.98 Å². The Balaban J connectivity index is 1.95. The third-order valence-corrected chi connectivity index (χ3v) is 4.90. The van der Waals surface area contributed by atoms with Crippen LogP contribution >= 0.6 is 0 Å². The molecule has 0 fully saturated rings. The van der Waals surface area contributed by atoms with Crippen LogP contribution in [0, 0.1) is 11.3 Å². The van der Waals surface area contributed by atoms with E-state index in [4.69, 9.17) is 10.2 Å². The topological polar surface area (TPSA) is 36.7 Å². The third-order valence-electron chi connectivity index (χ3n) is 4.90. The number of unbranched alkanes of at least 4 members (excludes halogenated alkanes) is 1. The van der Waals surface area contributed by atoms with E-state index in [0.717, 1.165) is 59.0 Å². The van der Waals surface area contributed by atoms with Crippen molar-refractivity contribution in [3.63, 3.8) is 0 Å². The molecule has 0 N–H and O–H groups in total. The number of pyridine rings is 1. The van der Waals surface area contributed by atoms with Crippen LogP contribution in [0.1, 0.15) is 37.3 Å². The Morgan fingerprint density at radius 3 is 2.54 bits per heavy atom. The molecule has 0 bridgehead atoms. The average molecular weight is 364 g/mol. The molecule has 3 aromatic rings. The molecular weight excluding hydrogens is 340 g/mol. The number of nitriles is 1. The molecule has 0 aliphatic rings. The summed E-state index contributed by atoms with van der Waals surface area (Å²) in [5, 5.41) is 10.2. The maximum Gasteiger partial charge on any atom is 0.103 e. The fourth-order valence-electron chi connectivity index (χ4n) is 3.32. The minimum Gasteiger partial charge on any atom is -0.248 e. The van der Waals surface area contributed by atoms with E-state index in [2.05, 4.69) is 61.4 Å². The molecule has 0 saturated heterocycles. The molecule has 0 aliphatic carbocycles. The summed E-state index contributed by atoms with van der Waals surface area (Å²) < 4.78 is 0. The number of hydrogen-bond acceptors (Lipinski definition) is 2. The summed E-state index contributed by atoms with van der Waals surface area (Å²) in [5.41, 5.74) is 9.94. The van der Waals surface area contributed by atoms with Crippen molar-refractivity contribution in [2.75, 3.05) is 0 Å². The summed E-state index contributed by atoms with van der Waals surface area (Å²) in [5.74, 6) is 0. The molecule has 0 aliphatic heterocycles. The molecule has 0 unspecified atom stereocenters. The van der Waals surface area contributed by atoms with E-state index in [1.54, 1.807) is 0 Å². The van der Waals surface area contributed by atoms with Crippen LogP contribution in [0.25, 0.3) is 27.7 Å². The summed E-state index contributed by atoms with van der Waals surface area (Å²) >= 11 is 0. The third kappa shape index (κ3) is 4.46. The summed E-state index contributed by atoms with van der Waals surface area (Å²) in [6, 6.07) is 21.0. The van der Waals surface area contributed by atoms with Gasteiger partial charge in [-0.3, -0.25) is 0 Å². The van der Waals surface area contributed by atoms with Crippen LogP contribution in [0.4, 0.5) is 0 Å². The maximum atomic E-state index is 9.02. The van der Waals surface area contributed by atoms with Crippen molar-refractivity contribution in [3.05, 3.63) is 90.2 Å². The normalized spacial score (nSPS) is 10.3. The van der Waals surface area contributed by atoms with Gasteiger partial charge in [0, 0.05) is 10.9 Å². The van der Waals surface area contributed by atoms with Crippen LogP contribution in [0.3, 0.4) is 0 Å². The van der Waals surface area contributed by atoms with Crippen LogP contribution in [0.2, 0.25) is 0 Å². The number of benzene rings is 2. The number of nitrogens with zero attached hydrogens (tertiary/aromatic N) is 2. The molecule has 0 radical (unpaired) electrons. The van der Waals surface area contributed by atoms with Crippen LogP contribution in [-0.2, 0) is 6.42 Å². The van der Waals surface area contributed by atoms with Gasteiger partial charge >= 0.3 is 0 Å². The van der Waals surface area contributed by atoms with Crippen LogP contribution < -0.4 is 0 Å². The number of hydrogen-bond donors (Lipinski definition) is 0. The van der Waals surface area contributed by atoms with Gasteiger partial charge in [-0.25, -0.2) is 4.98 Å².